The van der Waals surface area contributed by atoms with E-state index in [4.69, 9.17) is 4.42 Å². The predicted octanol–water partition coefficient (Wildman–Crippen LogP) is 3.39. The quantitative estimate of drug-likeness (QED) is 0.547. The Labute approximate surface area is 127 Å². The monoisotopic (exact) mass is 320 g/mol. The number of nitro benzene ring substituents is 1. The second kappa shape index (κ2) is 5.31. The minimum Gasteiger partial charge on any atom is -0.408 e. The molecule has 0 spiro atoms. The normalized spacial score (nSPS) is 12.5. The van der Waals surface area contributed by atoms with E-state index in [0.717, 1.165) is 16.7 Å². The molecular weight excluding hydrogens is 310 g/mol. The fourth-order valence-corrected chi connectivity index (χ4v) is 2.44. The molecule has 0 bridgehead atoms. The van der Waals surface area contributed by atoms with Crippen LogP contribution in [0.4, 0.5) is 14.5 Å². The Morgan fingerprint density at radius 3 is 2.61 bits per heavy atom. The zero-order chi connectivity index (χ0) is 16.7. The molecule has 0 amide bonds. The summed E-state index contributed by atoms with van der Waals surface area (Å²) in [6.45, 7) is 1.61. The maximum atomic E-state index is 13.5. The number of fused-ring (bicyclic) bond motifs is 1. The molecule has 0 saturated carbocycles. The van der Waals surface area contributed by atoms with E-state index >= 15 is 0 Å². The second-order valence-electron chi connectivity index (χ2n) is 5.00. The molecule has 0 N–H and O–H groups in total. The van der Waals surface area contributed by atoms with E-state index in [-0.39, 0.29) is 16.8 Å². The summed E-state index contributed by atoms with van der Waals surface area (Å²) in [5, 5.41) is 10.9. The van der Waals surface area contributed by atoms with Crippen LogP contribution in [0.1, 0.15) is 18.5 Å². The standard InChI is InChI=1S/C15H10F2N2O4/c1-8(9-3-2-4-10(5-9)19(21)22)18-13-6-11(16)12(17)7-14(13)23-15(18)20/h2-8H,1H3. The van der Waals surface area contributed by atoms with E-state index in [1.54, 1.807) is 13.0 Å². The van der Waals surface area contributed by atoms with Crippen molar-refractivity contribution in [3.05, 3.63) is 74.3 Å². The number of oxazole rings is 1. The fourth-order valence-electron chi connectivity index (χ4n) is 2.44. The molecule has 3 aromatic rings. The lowest BCUT2D eigenvalue weighted by atomic mass is 10.1. The van der Waals surface area contributed by atoms with E-state index in [1.165, 1.54) is 18.2 Å². The van der Waals surface area contributed by atoms with Gasteiger partial charge in [0.15, 0.2) is 17.2 Å². The topological polar surface area (TPSA) is 78.3 Å². The number of non-ortho nitro benzene ring substituents is 1. The molecule has 8 heteroatoms. The average Bonchev–Trinajstić information content (AvgIpc) is 2.82. The lowest BCUT2D eigenvalue weighted by molar-refractivity contribution is -0.384. The number of hydrogen-bond donors (Lipinski definition) is 0. The van der Waals surface area contributed by atoms with Gasteiger partial charge in [-0.3, -0.25) is 14.7 Å². The van der Waals surface area contributed by atoms with Crippen LogP contribution in [-0.2, 0) is 0 Å². The number of benzene rings is 2. The maximum absolute atomic E-state index is 13.5. The molecule has 1 atom stereocenters. The van der Waals surface area contributed by atoms with Gasteiger partial charge >= 0.3 is 5.76 Å². The van der Waals surface area contributed by atoms with Crippen LogP contribution in [0, 0.1) is 21.7 Å². The van der Waals surface area contributed by atoms with Gasteiger partial charge in [-0.05, 0) is 12.5 Å². The van der Waals surface area contributed by atoms with Crippen LogP contribution < -0.4 is 5.76 Å². The first-order valence-corrected chi connectivity index (χ1v) is 6.63. The molecule has 2 aromatic carbocycles. The van der Waals surface area contributed by atoms with Crippen LogP contribution in [0.5, 0.6) is 0 Å². The van der Waals surface area contributed by atoms with Crippen molar-refractivity contribution < 1.29 is 18.1 Å². The average molecular weight is 320 g/mol. The zero-order valence-electron chi connectivity index (χ0n) is 11.8. The molecule has 0 aliphatic rings. The molecule has 0 aliphatic carbocycles. The molecule has 118 valence electrons. The highest BCUT2D eigenvalue weighted by atomic mass is 19.2. The lowest BCUT2D eigenvalue weighted by Gasteiger charge is -2.13. The highest BCUT2D eigenvalue weighted by molar-refractivity contribution is 5.73. The zero-order valence-corrected chi connectivity index (χ0v) is 11.8. The molecule has 1 unspecified atom stereocenters. The Hall–Kier alpha value is -3.03. The molecule has 0 aliphatic heterocycles. The molecular formula is C15H10F2N2O4. The number of aromatic nitrogens is 1. The molecule has 1 heterocycles. The van der Waals surface area contributed by atoms with Crippen LogP contribution in [0.3, 0.4) is 0 Å². The Kier molecular flexibility index (Phi) is 3.44. The van der Waals surface area contributed by atoms with Gasteiger partial charge in [0, 0.05) is 24.3 Å². The van der Waals surface area contributed by atoms with Crippen LogP contribution in [-0.4, -0.2) is 9.49 Å². The number of nitrogens with zero attached hydrogens (tertiary/aromatic N) is 2. The SMILES string of the molecule is CC(c1cccc([N+](=O)[O-])c1)n1c(=O)oc2cc(F)c(F)cc21. The van der Waals surface area contributed by atoms with Crippen molar-refractivity contribution in [3.8, 4) is 0 Å². The number of halogens is 2. The van der Waals surface area contributed by atoms with Gasteiger partial charge < -0.3 is 4.42 Å². The van der Waals surface area contributed by atoms with Gasteiger partial charge in [0.2, 0.25) is 0 Å². The predicted molar refractivity (Wildman–Crippen MR) is 77.3 cm³/mol. The molecule has 0 radical (unpaired) electrons. The minimum absolute atomic E-state index is 0.0768. The van der Waals surface area contributed by atoms with E-state index in [9.17, 15) is 23.7 Å². The van der Waals surface area contributed by atoms with Gasteiger partial charge in [-0.15, -0.1) is 0 Å². The molecule has 1 aromatic heterocycles. The van der Waals surface area contributed by atoms with Crippen molar-refractivity contribution in [1.29, 1.82) is 0 Å². The van der Waals surface area contributed by atoms with Gasteiger partial charge in [0.05, 0.1) is 16.5 Å². The van der Waals surface area contributed by atoms with Gasteiger partial charge in [-0.25, -0.2) is 13.6 Å². The third kappa shape index (κ3) is 2.48. The third-order valence-electron chi connectivity index (χ3n) is 3.61. The molecule has 23 heavy (non-hydrogen) atoms. The van der Waals surface area contributed by atoms with Crippen molar-refractivity contribution in [1.82, 2.24) is 4.57 Å². The van der Waals surface area contributed by atoms with Crippen molar-refractivity contribution >= 4 is 16.8 Å². The van der Waals surface area contributed by atoms with Crippen LogP contribution in [0.2, 0.25) is 0 Å². The van der Waals surface area contributed by atoms with E-state index < -0.39 is 28.4 Å². The number of rotatable bonds is 3. The Balaban J connectivity index is 2.18. The van der Waals surface area contributed by atoms with Crippen molar-refractivity contribution in [2.75, 3.05) is 0 Å². The lowest BCUT2D eigenvalue weighted by Crippen LogP contribution is -2.19. The smallest absolute Gasteiger partial charge is 0.408 e. The minimum atomic E-state index is -1.12. The van der Waals surface area contributed by atoms with Gasteiger partial charge in [-0.1, -0.05) is 12.1 Å². The van der Waals surface area contributed by atoms with E-state index in [2.05, 4.69) is 0 Å². The molecule has 0 fully saturated rings. The summed E-state index contributed by atoms with van der Waals surface area (Å²) in [6, 6.07) is 6.72. The van der Waals surface area contributed by atoms with Crippen molar-refractivity contribution in [2.24, 2.45) is 0 Å². The Bertz CT molecular complexity index is 977. The van der Waals surface area contributed by atoms with Gasteiger partial charge in [-0.2, -0.15) is 0 Å². The Morgan fingerprint density at radius 1 is 1.22 bits per heavy atom. The highest BCUT2D eigenvalue weighted by Gasteiger charge is 2.20. The summed E-state index contributed by atoms with van der Waals surface area (Å²) in [5.41, 5.74) is 0.320. The maximum Gasteiger partial charge on any atom is 0.420 e. The van der Waals surface area contributed by atoms with Gasteiger partial charge in [0.1, 0.15) is 0 Å². The first-order chi connectivity index (χ1) is 10.9. The number of nitro groups is 1. The number of hydrogen-bond acceptors (Lipinski definition) is 4. The second-order valence-corrected chi connectivity index (χ2v) is 5.00. The summed E-state index contributed by atoms with van der Waals surface area (Å²) in [6.07, 6.45) is 0. The van der Waals surface area contributed by atoms with Crippen LogP contribution in [0.15, 0.2) is 45.6 Å². The van der Waals surface area contributed by atoms with Crippen LogP contribution in [0.25, 0.3) is 11.1 Å². The molecule has 0 saturated heterocycles. The first-order valence-electron chi connectivity index (χ1n) is 6.63. The summed E-state index contributed by atoms with van der Waals surface area (Å²) >= 11 is 0. The van der Waals surface area contributed by atoms with Crippen molar-refractivity contribution in [3.63, 3.8) is 0 Å². The van der Waals surface area contributed by atoms with Gasteiger partial charge in [0.25, 0.3) is 5.69 Å². The van der Waals surface area contributed by atoms with Crippen molar-refractivity contribution in [2.45, 2.75) is 13.0 Å². The third-order valence-corrected chi connectivity index (χ3v) is 3.61. The summed E-state index contributed by atoms with van der Waals surface area (Å²) in [5.74, 6) is -3.04. The summed E-state index contributed by atoms with van der Waals surface area (Å²) in [7, 11) is 0. The van der Waals surface area contributed by atoms with E-state index in [1.807, 2.05) is 0 Å². The van der Waals surface area contributed by atoms with E-state index in [0.29, 0.717) is 5.56 Å². The Morgan fingerprint density at radius 2 is 1.91 bits per heavy atom. The highest BCUT2D eigenvalue weighted by Crippen LogP contribution is 2.26. The van der Waals surface area contributed by atoms with Crippen LogP contribution >= 0.6 is 0 Å². The molecule has 6 nitrogen and oxygen atoms in total. The fraction of sp³-hybridized carbons (Fsp3) is 0.133. The summed E-state index contributed by atoms with van der Waals surface area (Å²) in [4.78, 5) is 22.3. The largest absolute Gasteiger partial charge is 0.420 e. The summed E-state index contributed by atoms with van der Waals surface area (Å²) < 4.78 is 32.7. The first kappa shape index (κ1) is 14.9. The molecule has 3 rings (SSSR count).